The Hall–Kier alpha value is -3.89. The number of amides is 3. The number of aryl methyl sites for hydroxylation is 1. The van der Waals surface area contributed by atoms with E-state index in [-0.39, 0.29) is 34.2 Å². The van der Waals surface area contributed by atoms with Crippen molar-refractivity contribution in [2.45, 2.75) is 76.3 Å². The normalized spacial score (nSPS) is 22.7. The summed E-state index contributed by atoms with van der Waals surface area (Å²) in [5.74, 6) is -1.16. The third-order valence-corrected chi connectivity index (χ3v) is 7.09. The summed E-state index contributed by atoms with van der Waals surface area (Å²) >= 11 is 0. The number of fused-ring (bicyclic) bond motifs is 1. The number of aromatic amines is 1. The second-order valence-electron chi connectivity index (χ2n) is 10.3. The summed E-state index contributed by atoms with van der Waals surface area (Å²) in [7, 11) is 0. The molecule has 3 N–H and O–H groups in total. The minimum atomic E-state index is -5.04. The van der Waals surface area contributed by atoms with Gasteiger partial charge in [0.2, 0.25) is 0 Å². The molecule has 5 rings (SSSR count). The zero-order chi connectivity index (χ0) is 32.4. The first-order valence-electron chi connectivity index (χ1n) is 13.9. The number of carbonyl (C=O) groups is 2. The van der Waals surface area contributed by atoms with Crippen molar-refractivity contribution < 1.29 is 48.0 Å². The molecular weight excluding hydrogens is 576 g/mol. The second kappa shape index (κ2) is 10.7. The van der Waals surface area contributed by atoms with Crippen molar-refractivity contribution in [1.82, 2.24) is 35.8 Å². The van der Waals surface area contributed by atoms with Gasteiger partial charge >= 0.3 is 18.4 Å². The van der Waals surface area contributed by atoms with Crippen molar-refractivity contribution >= 4 is 23.0 Å². The lowest BCUT2D eigenvalue weighted by molar-refractivity contribution is -0.227. The SMILES string of the molecule is [2H]C1([2H])[C@H](C(F)(F)F)NC(=O)N1[C@@H](c1ccc2nc([C@@H](NC(=O)c3nonc3C)[C@@H](C)O[C@H](C)C(F)(F)F)[nH]c2c1)C1CC1. The molecule has 2 fully saturated rings. The molecule has 1 aromatic carbocycles. The molecule has 1 aliphatic heterocycles. The Morgan fingerprint density at radius 3 is 2.50 bits per heavy atom. The molecule has 2 aliphatic rings. The van der Waals surface area contributed by atoms with Crippen LogP contribution in [0.1, 0.15) is 69.1 Å². The third kappa shape index (κ3) is 6.00. The number of halogens is 6. The van der Waals surface area contributed by atoms with Crippen LogP contribution in [-0.4, -0.2) is 74.2 Å². The summed E-state index contributed by atoms with van der Waals surface area (Å²) in [4.78, 5) is 33.5. The van der Waals surface area contributed by atoms with Crippen LogP contribution in [0.3, 0.4) is 0 Å². The van der Waals surface area contributed by atoms with Gasteiger partial charge in [-0.05, 0) is 62.4 Å². The maximum absolute atomic E-state index is 13.6. The van der Waals surface area contributed by atoms with Crippen molar-refractivity contribution in [2.24, 2.45) is 5.92 Å². The zero-order valence-corrected chi connectivity index (χ0v) is 22.3. The molecule has 1 aliphatic carbocycles. The predicted octanol–water partition coefficient (Wildman–Crippen LogP) is 4.49. The number of hydrogen-bond acceptors (Lipinski definition) is 7. The minimum Gasteiger partial charge on any atom is -0.364 e. The Kier molecular flexibility index (Phi) is 6.90. The zero-order valence-electron chi connectivity index (χ0n) is 24.3. The number of nitrogens with one attached hydrogen (secondary N) is 3. The van der Waals surface area contributed by atoms with Gasteiger partial charge in [0, 0.05) is 0 Å². The van der Waals surface area contributed by atoms with E-state index in [4.69, 9.17) is 7.48 Å². The van der Waals surface area contributed by atoms with E-state index in [1.165, 1.54) is 32.0 Å². The van der Waals surface area contributed by atoms with E-state index in [9.17, 15) is 35.9 Å². The highest BCUT2D eigenvalue weighted by Crippen LogP contribution is 2.46. The van der Waals surface area contributed by atoms with Gasteiger partial charge < -0.3 is 25.3 Å². The van der Waals surface area contributed by atoms with E-state index in [0.29, 0.717) is 23.3 Å². The summed E-state index contributed by atoms with van der Waals surface area (Å²) in [5.41, 5.74) is 0.765. The maximum atomic E-state index is 13.6. The molecule has 3 heterocycles. The summed E-state index contributed by atoms with van der Waals surface area (Å²) in [6, 6.07) is -1.84. The number of rotatable bonds is 9. The van der Waals surface area contributed by atoms with Crippen LogP contribution >= 0.6 is 0 Å². The number of ether oxygens (including phenoxy) is 1. The molecule has 5 atom stereocenters. The molecule has 11 nitrogen and oxygen atoms in total. The van der Waals surface area contributed by atoms with E-state index in [2.05, 4.69) is 30.2 Å². The molecule has 1 saturated heterocycles. The summed E-state index contributed by atoms with van der Waals surface area (Å²) in [5, 5.41) is 11.3. The number of H-pyrrole nitrogens is 1. The molecule has 0 bridgehead atoms. The highest BCUT2D eigenvalue weighted by molar-refractivity contribution is 5.93. The molecule has 1 saturated carbocycles. The predicted molar refractivity (Wildman–Crippen MR) is 132 cm³/mol. The Morgan fingerprint density at radius 1 is 1.21 bits per heavy atom. The molecule has 3 amide bonds. The van der Waals surface area contributed by atoms with Crippen molar-refractivity contribution in [3.63, 3.8) is 0 Å². The van der Waals surface area contributed by atoms with Crippen molar-refractivity contribution in [1.29, 1.82) is 0 Å². The van der Waals surface area contributed by atoms with Gasteiger partial charge in [0.05, 0.1) is 32.4 Å². The molecule has 0 unspecified atom stereocenters. The van der Waals surface area contributed by atoms with Gasteiger partial charge in [-0.1, -0.05) is 11.2 Å². The van der Waals surface area contributed by atoms with Crippen LogP contribution in [0.5, 0.6) is 0 Å². The second-order valence-corrected chi connectivity index (χ2v) is 10.3. The topological polar surface area (TPSA) is 138 Å². The lowest BCUT2D eigenvalue weighted by Crippen LogP contribution is -2.41. The van der Waals surface area contributed by atoms with E-state index >= 15 is 0 Å². The van der Waals surface area contributed by atoms with Crippen LogP contribution < -0.4 is 10.6 Å². The van der Waals surface area contributed by atoms with Gasteiger partial charge in [0.1, 0.15) is 23.6 Å². The van der Waals surface area contributed by atoms with Gasteiger partial charge in [0.25, 0.3) is 5.91 Å². The Balaban J connectivity index is 1.50. The van der Waals surface area contributed by atoms with Crippen LogP contribution in [0.25, 0.3) is 11.0 Å². The van der Waals surface area contributed by atoms with Gasteiger partial charge in [-0.3, -0.25) is 4.79 Å². The van der Waals surface area contributed by atoms with Crippen molar-refractivity contribution in [2.75, 3.05) is 6.50 Å². The number of alkyl halides is 6. The minimum absolute atomic E-state index is 0.0177. The quantitative estimate of drug-likeness (QED) is 0.306. The maximum Gasteiger partial charge on any atom is 0.414 e. The van der Waals surface area contributed by atoms with Gasteiger partial charge in [-0.2, -0.15) is 26.3 Å². The number of nitrogens with zero attached hydrogens (tertiary/aromatic N) is 4. The highest BCUT2D eigenvalue weighted by Gasteiger charge is 2.51. The summed E-state index contributed by atoms with van der Waals surface area (Å²) < 4.78 is 107. The monoisotopic (exact) mass is 605 g/mol. The molecule has 42 heavy (non-hydrogen) atoms. The highest BCUT2D eigenvalue weighted by atomic mass is 19.4. The van der Waals surface area contributed by atoms with E-state index in [0.717, 1.165) is 6.92 Å². The molecule has 228 valence electrons. The number of carbonyl (C=O) groups excluding carboxylic acids is 2. The van der Waals surface area contributed by atoms with Gasteiger partial charge in [-0.15, -0.1) is 0 Å². The van der Waals surface area contributed by atoms with Gasteiger partial charge in [0.15, 0.2) is 11.8 Å². The van der Waals surface area contributed by atoms with Crippen LogP contribution in [0.2, 0.25) is 0 Å². The van der Waals surface area contributed by atoms with Crippen LogP contribution in [-0.2, 0) is 4.74 Å². The third-order valence-electron chi connectivity index (χ3n) is 7.09. The number of imidazole rings is 1. The van der Waals surface area contributed by atoms with E-state index in [1.54, 1.807) is 5.32 Å². The van der Waals surface area contributed by atoms with Crippen molar-refractivity contribution in [3.05, 3.63) is 41.0 Å². The fourth-order valence-electron chi connectivity index (χ4n) is 4.74. The first-order chi connectivity index (χ1) is 20.4. The molecule has 3 aromatic rings. The smallest absolute Gasteiger partial charge is 0.364 e. The molecule has 0 spiro atoms. The average Bonchev–Trinajstić information content (AvgIpc) is 3.42. The average molecular weight is 606 g/mol. The van der Waals surface area contributed by atoms with E-state index in [1.807, 2.05) is 0 Å². The molecule has 2 aromatic heterocycles. The largest absolute Gasteiger partial charge is 0.414 e. The van der Waals surface area contributed by atoms with E-state index < -0.39 is 61.1 Å². The van der Waals surface area contributed by atoms with Crippen LogP contribution in [0, 0.1) is 12.8 Å². The number of hydrogen-bond donors (Lipinski definition) is 3. The van der Waals surface area contributed by atoms with Gasteiger partial charge in [-0.25, -0.2) is 14.4 Å². The Morgan fingerprint density at radius 2 is 1.93 bits per heavy atom. The van der Waals surface area contributed by atoms with Crippen molar-refractivity contribution in [3.8, 4) is 0 Å². The Labute approximate surface area is 237 Å². The summed E-state index contributed by atoms with van der Waals surface area (Å²) in [6.07, 6.45) is -12.1. The van der Waals surface area contributed by atoms with Crippen LogP contribution in [0.4, 0.5) is 31.1 Å². The fourth-order valence-corrected chi connectivity index (χ4v) is 4.74. The fraction of sp³-hybridized carbons (Fsp3) is 0.560. The van der Waals surface area contributed by atoms with Crippen LogP contribution in [0.15, 0.2) is 22.8 Å². The first-order valence-corrected chi connectivity index (χ1v) is 12.9. The molecule has 17 heteroatoms. The Bertz CT molecular complexity index is 1560. The number of aromatic nitrogens is 4. The molecular formula is C25H27F6N7O4. The lowest BCUT2D eigenvalue weighted by Gasteiger charge is -2.27. The first kappa shape index (κ1) is 27.0. The standard InChI is InChI=1S/C25H27F6N7O4/c1-10-18(37-42-36-10)22(39)35-19(11(2)41-12(3)24(26,27)28)21-32-15-7-6-14(8-16(15)33-21)20(13-4-5-13)38-9-17(25(29,30)31)34-23(38)40/h6-8,11-13,17,19-20H,4-5,9H2,1-3H3,(H,32,33)(H,34,40)(H,35,39)/t11-,12-,17-,19+,20-/m1/s1/i9D2. The number of urea groups is 1. The molecule has 0 radical (unpaired) electrons. The lowest BCUT2D eigenvalue weighted by atomic mass is 10.00. The summed E-state index contributed by atoms with van der Waals surface area (Å²) in [6.45, 7) is 0.446. The number of benzene rings is 1.